The third kappa shape index (κ3) is 2.36. The molecule has 1 fully saturated rings. The summed E-state index contributed by atoms with van der Waals surface area (Å²) >= 11 is 0. The van der Waals surface area contributed by atoms with Crippen LogP contribution in [0, 0.1) is 17.2 Å². The largest absolute Gasteiger partial charge is 0.317 e. The Morgan fingerprint density at radius 3 is 3.10 bits per heavy atom. The molecule has 2 heteroatoms. The molecule has 1 unspecified atom stereocenters. The highest BCUT2D eigenvalue weighted by molar-refractivity contribution is 4.77. The van der Waals surface area contributed by atoms with Gasteiger partial charge in [0.1, 0.15) is 0 Å². The summed E-state index contributed by atoms with van der Waals surface area (Å²) < 4.78 is 0. The lowest BCUT2D eigenvalue weighted by molar-refractivity contribution is 0.483. The molecular weight excluding hydrogens is 124 g/mol. The van der Waals surface area contributed by atoms with Gasteiger partial charge < -0.3 is 5.32 Å². The molecule has 56 valence electrons. The fourth-order valence-electron chi connectivity index (χ4n) is 1.42. The fourth-order valence-corrected chi connectivity index (χ4v) is 1.42. The summed E-state index contributed by atoms with van der Waals surface area (Å²) in [6, 6.07) is 2.24. The van der Waals surface area contributed by atoms with Crippen LogP contribution < -0.4 is 5.32 Å². The minimum Gasteiger partial charge on any atom is -0.317 e. The predicted octanol–water partition coefficient (Wildman–Crippen LogP) is 1.29. The van der Waals surface area contributed by atoms with Crippen molar-refractivity contribution in [2.75, 3.05) is 13.1 Å². The summed E-state index contributed by atoms with van der Waals surface area (Å²) in [7, 11) is 0. The zero-order chi connectivity index (χ0) is 7.23. The van der Waals surface area contributed by atoms with Gasteiger partial charge in [0, 0.05) is 6.42 Å². The average molecular weight is 138 g/mol. The van der Waals surface area contributed by atoms with Crippen molar-refractivity contribution < 1.29 is 0 Å². The minimum absolute atomic E-state index is 0.667. The Hall–Kier alpha value is -0.550. The first-order valence-electron chi connectivity index (χ1n) is 4.01. The second-order valence-electron chi connectivity index (χ2n) is 2.91. The molecule has 0 amide bonds. The topological polar surface area (TPSA) is 35.8 Å². The van der Waals surface area contributed by atoms with Gasteiger partial charge in [0.2, 0.25) is 0 Å². The van der Waals surface area contributed by atoms with Crippen molar-refractivity contribution in [2.24, 2.45) is 5.92 Å². The maximum Gasteiger partial charge on any atom is 0.0624 e. The Morgan fingerprint density at radius 2 is 2.30 bits per heavy atom. The number of nitriles is 1. The first-order chi connectivity index (χ1) is 4.93. The Balaban J connectivity index is 2.23. The molecule has 1 rings (SSSR count). The van der Waals surface area contributed by atoms with Gasteiger partial charge in [-0.3, -0.25) is 0 Å². The number of hydrogen-bond donors (Lipinski definition) is 1. The van der Waals surface area contributed by atoms with Crippen molar-refractivity contribution in [3.63, 3.8) is 0 Å². The average Bonchev–Trinajstić information content (AvgIpc) is 2.17. The Kier molecular flexibility index (Phi) is 3.25. The van der Waals surface area contributed by atoms with E-state index in [0.29, 0.717) is 5.92 Å². The van der Waals surface area contributed by atoms with Gasteiger partial charge in [-0.1, -0.05) is 0 Å². The van der Waals surface area contributed by atoms with E-state index < -0.39 is 0 Å². The second kappa shape index (κ2) is 4.29. The van der Waals surface area contributed by atoms with Crippen LogP contribution in [0.4, 0.5) is 0 Å². The summed E-state index contributed by atoms with van der Waals surface area (Å²) in [5, 5.41) is 11.8. The van der Waals surface area contributed by atoms with Crippen molar-refractivity contribution >= 4 is 0 Å². The smallest absolute Gasteiger partial charge is 0.0624 e. The van der Waals surface area contributed by atoms with Crippen molar-refractivity contribution in [1.82, 2.24) is 5.32 Å². The van der Waals surface area contributed by atoms with Gasteiger partial charge in [-0.05, 0) is 38.3 Å². The minimum atomic E-state index is 0.667. The molecule has 1 saturated heterocycles. The quantitative estimate of drug-likeness (QED) is 0.592. The molecule has 0 spiro atoms. The molecule has 1 atom stereocenters. The molecular formula is C8H14N2. The summed E-state index contributed by atoms with van der Waals surface area (Å²) in [6.07, 6.45) is 4.42. The van der Waals surface area contributed by atoms with Crippen LogP contribution in [-0.2, 0) is 0 Å². The molecule has 0 aromatic rings. The van der Waals surface area contributed by atoms with Gasteiger partial charge in [0.05, 0.1) is 6.07 Å². The van der Waals surface area contributed by atoms with Crippen LogP contribution in [0.3, 0.4) is 0 Å². The molecule has 10 heavy (non-hydrogen) atoms. The lowest BCUT2D eigenvalue weighted by Crippen LogP contribution is -2.13. The third-order valence-corrected chi connectivity index (χ3v) is 2.08. The van der Waals surface area contributed by atoms with Gasteiger partial charge in [-0.2, -0.15) is 5.26 Å². The number of nitrogens with zero attached hydrogens (tertiary/aromatic N) is 1. The van der Waals surface area contributed by atoms with Gasteiger partial charge in [0.25, 0.3) is 0 Å². The highest BCUT2D eigenvalue weighted by Gasteiger charge is 2.10. The van der Waals surface area contributed by atoms with Crippen molar-refractivity contribution in [3.05, 3.63) is 0 Å². The summed E-state index contributed by atoms with van der Waals surface area (Å²) in [6.45, 7) is 2.24. The fraction of sp³-hybridized carbons (Fsp3) is 0.875. The Morgan fingerprint density at radius 1 is 1.40 bits per heavy atom. The zero-order valence-corrected chi connectivity index (χ0v) is 6.27. The number of rotatable bonds is 1. The summed E-state index contributed by atoms with van der Waals surface area (Å²) in [4.78, 5) is 0. The molecule has 0 bridgehead atoms. The molecule has 1 aliphatic heterocycles. The third-order valence-electron chi connectivity index (χ3n) is 2.08. The Bertz CT molecular complexity index is 118. The molecule has 1 aliphatic rings. The van der Waals surface area contributed by atoms with E-state index in [-0.39, 0.29) is 0 Å². The maximum absolute atomic E-state index is 8.44. The maximum atomic E-state index is 8.44. The molecule has 1 heterocycles. The van der Waals surface area contributed by atoms with Gasteiger partial charge in [-0.25, -0.2) is 0 Å². The molecule has 0 saturated carbocycles. The molecule has 1 N–H and O–H groups in total. The van der Waals surface area contributed by atoms with Crippen molar-refractivity contribution in [2.45, 2.75) is 25.7 Å². The molecule has 0 radical (unpaired) electrons. The zero-order valence-electron chi connectivity index (χ0n) is 6.27. The van der Waals surface area contributed by atoms with E-state index in [1.807, 2.05) is 0 Å². The number of nitrogens with one attached hydrogen (secondary N) is 1. The number of hydrogen-bond acceptors (Lipinski definition) is 2. The molecule has 0 aliphatic carbocycles. The van der Waals surface area contributed by atoms with Crippen LogP contribution in [0.5, 0.6) is 0 Å². The van der Waals surface area contributed by atoms with Crippen LogP contribution >= 0.6 is 0 Å². The van der Waals surface area contributed by atoms with E-state index >= 15 is 0 Å². The summed E-state index contributed by atoms with van der Waals surface area (Å²) in [5.74, 6) is 0.667. The Labute approximate surface area is 62.2 Å². The van der Waals surface area contributed by atoms with Crippen LogP contribution in [0.2, 0.25) is 0 Å². The highest BCUT2D eigenvalue weighted by atomic mass is 14.8. The molecule has 0 aromatic heterocycles. The van der Waals surface area contributed by atoms with E-state index in [1.54, 1.807) is 0 Å². The van der Waals surface area contributed by atoms with Gasteiger partial charge in [0.15, 0.2) is 0 Å². The second-order valence-corrected chi connectivity index (χ2v) is 2.91. The lowest BCUT2D eigenvalue weighted by atomic mass is 9.98. The van der Waals surface area contributed by atoms with Crippen LogP contribution in [0.1, 0.15) is 25.7 Å². The normalized spacial score (nSPS) is 26.9. The predicted molar refractivity (Wildman–Crippen MR) is 40.4 cm³/mol. The van der Waals surface area contributed by atoms with E-state index in [2.05, 4.69) is 11.4 Å². The van der Waals surface area contributed by atoms with E-state index in [9.17, 15) is 0 Å². The lowest BCUT2D eigenvalue weighted by Gasteiger charge is -2.06. The highest BCUT2D eigenvalue weighted by Crippen LogP contribution is 2.15. The van der Waals surface area contributed by atoms with Crippen LogP contribution in [0.15, 0.2) is 0 Å². The van der Waals surface area contributed by atoms with Crippen molar-refractivity contribution in [3.8, 4) is 6.07 Å². The van der Waals surface area contributed by atoms with Gasteiger partial charge >= 0.3 is 0 Å². The van der Waals surface area contributed by atoms with Crippen LogP contribution in [-0.4, -0.2) is 13.1 Å². The summed E-state index contributed by atoms with van der Waals surface area (Å²) in [5.41, 5.74) is 0. The van der Waals surface area contributed by atoms with E-state index in [0.717, 1.165) is 19.5 Å². The molecule has 0 aromatic carbocycles. The van der Waals surface area contributed by atoms with E-state index in [4.69, 9.17) is 5.26 Å². The SMILES string of the molecule is N#CCC1CCCNCC1. The first kappa shape index (κ1) is 7.56. The molecule has 2 nitrogen and oxygen atoms in total. The van der Waals surface area contributed by atoms with Crippen molar-refractivity contribution in [1.29, 1.82) is 5.26 Å². The monoisotopic (exact) mass is 138 g/mol. The standard InChI is InChI=1S/C8H14N2/c9-5-3-8-2-1-6-10-7-4-8/h8,10H,1-4,6-7H2. The van der Waals surface area contributed by atoms with Gasteiger partial charge in [-0.15, -0.1) is 0 Å². The van der Waals surface area contributed by atoms with Crippen LogP contribution in [0.25, 0.3) is 0 Å². The van der Waals surface area contributed by atoms with E-state index in [1.165, 1.54) is 19.3 Å². The first-order valence-corrected chi connectivity index (χ1v) is 4.01.